The Kier molecular flexibility index (Phi) is 7.37. The molecule has 3 amide bonds. The highest BCUT2D eigenvalue weighted by molar-refractivity contribution is 8.03. The lowest BCUT2D eigenvalue weighted by atomic mass is 9.78. The van der Waals surface area contributed by atoms with E-state index in [1.54, 1.807) is 21.0 Å². The van der Waals surface area contributed by atoms with Crippen LogP contribution in [0.1, 0.15) is 27.2 Å². The summed E-state index contributed by atoms with van der Waals surface area (Å²) in [6.07, 6.45) is 0.581. The smallest absolute Gasteiger partial charge is 0.353 e. The van der Waals surface area contributed by atoms with E-state index >= 15 is 0 Å². The molecule has 0 radical (unpaired) electrons. The van der Waals surface area contributed by atoms with Crippen molar-refractivity contribution in [1.29, 1.82) is 0 Å². The lowest BCUT2D eigenvalue weighted by molar-refractivity contribution is -0.158. The van der Waals surface area contributed by atoms with Crippen LogP contribution in [0.15, 0.2) is 15.8 Å². The molecule has 2 saturated heterocycles. The highest BCUT2D eigenvalue weighted by atomic mass is 32.2. The molecule has 182 valence electrons. The van der Waals surface area contributed by atoms with Crippen LogP contribution in [0.5, 0.6) is 0 Å². The van der Waals surface area contributed by atoms with Crippen LogP contribution in [0.4, 0.5) is 0 Å². The fourth-order valence-electron chi connectivity index (χ4n) is 4.75. The number of oxime groups is 1. The van der Waals surface area contributed by atoms with E-state index in [0.29, 0.717) is 17.9 Å². The predicted octanol–water partition coefficient (Wildman–Crippen LogP) is -0.162. The fraction of sp³-hybridized carbons (Fsp3) is 0.667. The maximum absolute atomic E-state index is 13.0. The maximum atomic E-state index is 13.0. The number of likely N-dealkylation sites (N-methyl/N-ethyl adjacent to an activating group) is 1. The van der Waals surface area contributed by atoms with Crippen molar-refractivity contribution in [1.82, 2.24) is 20.4 Å². The molecular weight excluding hydrogens is 450 g/mol. The number of fused-ring (bicyclic) bond motifs is 1. The quantitative estimate of drug-likeness (QED) is 0.247. The first-order valence-electron chi connectivity index (χ1n) is 10.8. The molecule has 1 unspecified atom stereocenters. The second-order valence-electron chi connectivity index (χ2n) is 8.82. The zero-order chi connectivity index (χ0) is 24.6. The summed E-state index contributed by atoms with van der Waals surface area (Å²) in [5, 5.41) is 19.5. The lowest BCUT2D eigenvalue weighted by Crippen LogP contribution is -2.66. The number of rotatable bonds is 8. The zero-order valence-corrected chi connectivity index (χ0v) is 20.4. The molecule has 3 aliphatic rings. The van der Waals surface area contributed by atoms with E-state index in [-0.39, 0.29) is 46.5 Å². The average Bonchev–Trinajstić information content (AvgIpc) is 3.29. The summed E-state index contributed by atoms with van der Waals surface area (Å²) in [7, 11) is 4.74. The molecule has 3 rings (SSSR count). The number of carboxylic acids is 1. The molecule has 0 saturated carbocycles. The van der Waals surface area contributed by atoms with Crippen LogP contribution >= 0.6 is 11.8 Å². The molecule has 0 aromatic carbocycles. The molecule has 0 aromatic rings. The highest BCUT2D eigenvalue weighted by Gasteiger charge is 2.60. The molecule has 3 aliphatic heterocycles. The first-order valence-corrected chi connectivity index (χ1v) is 11.7. The van der Waals surface area contributed by atoms with Gasteiger partial charge >= 0.3 is 5.97 Å². The van der Waals surface area contributed by atoms with Gasteiger partial charge in [-0.25, -0.2) is 4.79 Å². The van der Waals surface area contributed by atoms with Crippen LogP contribution < -0.4 is 10.6 Å². The van der Waals surface area contributed by atoms with Gasteiger partial charge in [-0.2, -0.15) is 0 Å². The van der Waals surface area contributed by atoms with E-state index < -0.39 is 23.8 Å². The number of hydrogen-bond acceptors (Lipinski definition) is 8. The monoisotopic (exact) mass is 481 g/mol. The molecule has 12 heteroatoms. The number of amides is 3. The van der Waals surface area contributed by atoms with Crippen LogP contribution in [0.25, 0.3) is 0 Å². The minimum absolute atomic E-state index is 0.0109. The largest absolute Gasteiger partial charge is 0.477 e. The van der Waals surface area contributed by atoms with Gasteiger partial charge in [0.05, 0.1) is 18.0 Å². The molecule has 0 aromatic heterocycles. The van der Waals surface area contributed by atoms with Crippen molar-refractivity contribution in [3.05, 3.63) is 10.6 Å². The Morgan fingerprint density at radius 2 is 2.03 bits per heavy atom. The van der Waals surface area contributed by atoms with Gasteiger partial charge in [0, 0.05) is 42.8 Å². The average molecular weight is 482 g/mol. The first kappa shape index (κ1) is 25.0. The predicted molar refractivity (Wildman–Crippen MR) is 122 cm³/mol. The maximum Gasteiger partial charge on any atom is 0.353 e. The van der Waals surface area contributed by atoms with Gasteiger partial charge in [0.2, 0.25) is 11.8 Å². The van der Waals surface area contributed by atoms with Crippen LogP contribution in [0.3, 0.4) is 0 Å². The third-order valence-electron chi connectivity index (χ3n) is 6.37. The van der Waals surface area contributed by atoms with E-state index in [0.717, 1.165) is 0 Å². The Morgan fingerprint density at radius 3 is 2.61 bits per heavy atom. The number of carbonyl (C=O) groups excluding carboxylic acids is 3. The minimum atomic E-state index is -1.15. The molecule has 0 spiro atoms. The standard InChI is InChI=1S/C21H31N5O6S/c1-9-15-14(10(2)23-18(27)11(3)24-32-6)20(29)26(15)16(21(30)31)17(9)33-12-7-13(22-8-12)19(28)25(4)5/h9-10,12-15,22H,7-8H2,1-6H3,(H,23,27)(H,30,31)/b24-11-/t9-,10?,12+,13+,14-,15-/m1/s1. The number of thioether (sulfide) groups is 1. The molecule has 6 atom stereocenters. The van der Waals surface area contributed by atoms with Gasteiger partial charge in [0.25, 0.3) is 5.91 Å². The lowest BCUT2D eigenvalue weighted by Gasteiger charge is -2.47. The van der Waals surface area contributed by atoms with E-state index in [1.165, 1.54) is 35.6 Å². The number of hydrogen-bond donors (Lipinski definition) is 3. The number of carbonyl (C=O) groups is 4. The van der Waals surface area contributed by atoms with Crippen molar-refractivity contribution < 1.29 is 29.1 Å². The van der Waals surface area contributed by atoms with Gasteiger partial charge < -0.3 is 30.4 Å². The Labute approximate surface area is 196 Å². The van der Waals surface area contributed by atoms with Crippen LogP contribution in [-0.4, -0.2) is 95.4 Å². The third-order valence-corrected chi connectivity index (χ3v) is 7.88. The molecule has 0 aliphatic carbocycles. The van der Waals surface area contributed by atoms with Gasteiger partial charge in [-0.1, -0.05) is 12.1 Å². The zero-order valence-electron chi connectivity index (χ0n) is 19.6. The van der Waals surface area contributed by atoms with Crippen LogP contribution in [-0.2, 0) is 24.0 Å². The van der Waals surface area contributed by atoms with Crippen LogP contribution in [0.2, 0.25) is 0 Å². The summed E-state index contributed by atoms with van der Waals surface area (Å²) >= 11 is 1.43. The van der Waals surface area contributed by atoms with Gasteiger partial charge in [-0.05, 0) is 20.3 Å². The molecular formula is C21H31N5O6S. The van der Waals surface area contributed by atoms with E-state index in [1.807, 2.05) is 6.92 Å². The molecule has 3 N–H and O–H groups in total. The summed E-state index contributed by atoms with van der Waals surface area (Å²) in [6, 6.07) is -1.17. The normalized spacial score (nSPS) is 30.0. The number of nitrogens with zero attached hydrogens (tertiary/aromatic N) is 3. The Bertz CT molecular complexity index is 919. The van der Waals surface area contributed by atoms with Crippen molar-refractivity contribution in [2.75, 3.05) is 27.7 Å². The summed E-state index contributed by atoms with van der Waals surface area (Å²) in [5.74, 6) is -2.68. The minimum Gasteiger partial charge on any atom is -0.477 e. The van der Waals surface area contributed by atoms with Gasteiger partial charge in [-0.15, -0.1) is 11.8 Å². The summed E-state index contributed by atoms with van der Waals surface area (Å²) in [6.45, 7) is 5.72. The van der Waals surface area contributed by atoms with Gasteiger partial charge in [0.1, 0.15) is 18.5 Å². The van der Waals surface area contributed by atoms with Crippen LogP contribution in [0, 0.1) is 11.8 Å². The summed E-state index contributed by atoms with van der Waals surface area (Å²) in [4.78, 5) is 57.8. The summed E-state index contributed by atoms with van der Waals surface area (Å²) in [5.41, 5.74) is 0.139. The summed E-state index contributed by atoms with van der Waals surface area (Å²) < 4.78 is 0. The number of β-lactam (4-membered cyclic amide) rings is 1. The molecule has 11 nitrogen and oxygen atoms in total. The van der Waals surface area contributed by atoms with Crippen molar-refractivity contribution in [3.8, 4) is 0 Å². The Hall–Kier alpha value is -2.60. The molecule has 2 fully saturated rings. The van der Waals surface area contributed by atoms with Crippen molar-refractivity contribution >= 4 is 41.2 Å². The number of nitrogens with one attached hydrogen (secondary N) is 2. The number of aliphatic carboxylic acids is 1. The third kappa shape index (κ3) is 4.58. The second kappa shape index (κ2) is 9.72. The SMILES string of the molecule is CO/N=C(/C)C(=O)NC(C)[C@H]1C(=O)N2C(C(=O)O)=C(S[C@@H]3CN[C@H](C(=O)N(C)C)C3)[C@H](C)[C@H]12. The molecule has 33 heavy (non-hydrogen) atoms. The topological polar surface area (TPSA) is 141 Å². The van der Waals surface area contributed by atoms with E-state index in [2.05, 4.69) is 20.6 Å². The highest BCUT2D eigenvalue weighted by Crippen LogP contribution is 2.51. The number of carboxylic acid groups (broad SMARTS) is 1. The van der Waals surface area contributed by atoms with Gasteiger partial charge in [-0.3, -0.25) is 14.4 Å². The van der Waals surface area contributed by atoms with Crippen molar-refractivity contribution in [3.63, 3.8) is 0 Å². The van der Waals surface area contributed by atoms with Gasteiger partial charge in [0.15, 0.2) is 0 Å². The fourth-order valence-corrected chi connectivity index (χ4v) is 6.23. The second-order valence-corrected chi connectivity index (χ2v) is 10.2. The van der Waals surface area contributed by atoms with E-state index in [4.69, 9.17) is 0 Å². The first-order chi connectivity index (χ1) is 15.5. The Balaban J connectivity index is 1.74. The van der Waals surface area contributed by atoms with Crippen molar-refractivity contribution in [2.24, 2.45) is 17.0 Å². The van der Waals surface area contributed by atoms with Crippen molar-refractivity contribution in [2.45, 2.75) is 50.6 Å². The molecule has 3 heterocycles. The van der Waals surface area contributed by atoms with E-state index in [9.17, 15) is 24.3 Å². The Morgan fingerprint density at radius 1 is 1.36 bits per heavy atom. The molecule has 0 bridgehead atoms.